The summed E-state index contributed by atoms with van der Waals surface area (Å²) in [5.41, 5.74) is 0.201. The van der Waals surface area contributed by atoms with Crippen LogP contribution in [0.1, 0.15) is 43.3 Å². The largest absolute Gasteiger partial charge is 0.385 e. The summed E-state index contributed by atoms with van der Waals surface area (Å²) in [5.74, 6) is 0. The number of aromatic nitrogens is 1. The van der Waals surface area contributed by atoms with Gasteiger partial charge in [-0.15, -0.1) is 11.3 Å². The SMILES string of the molecule is CCN(CC)CCc1nc(C)c(C(C)(C)O)s1. The van der Waals surface area contributed by atoms with Gasteiger partial charge < -0.3 is 10.0 Å². The van der Waals surface area contributed by atoms with Gasteiger partial charge in [0.15, 0.2) is 0 Å². The quantitative estimate of drug-likeness (QED) is 0.850. The minimum Gasteiger partial charge on any atom is -0.385 e. The first-order valence-corrected chi connectivity index (χ1v) is 7.11. The summed E-state index contributed by atoms with van der Waals surface area (Å²) in [7, 11) is 0. The maximum Gasteiger partial charge on any atom is 0.0950 e. The predicted molar refractivity (Wildman–Crippen MR) is 73.6 cm³/mol. The molecule has 0 saturated carbocycles. The van der Waals surface area contributed by atoms with Crippen LogP contribution in [0.4, 0.5) is 0 Å². The minimum atomic E-state index is -0.769. The van der Waals surface area contributed by atoms with Crippen LogP contribution in [0, 0.1) is 6.92 Å². The Bertz CT molecular complexity index is 351. The van der Waals surface area contributed by atoms with E-state index in [9.17, 15) is 5.11 Å². The van der Waals surface area contributed by atoms with Crippen molar-refractivity contribution >= 4 is 11.3 Å². The first-order valence-electron chi connectivity index (χ1n) is 6.30. The van der Waals surface area contributed by atoms with Gasteiger partial charge in [-0.25, -0.2) is 4.98 Å². The second-order valence-electron chi connectivity index (χ2n) is 4.86. The predicted octanol–water partition coefficient (Wildman–Crippen LogP) is 2.56. The van der Waals surface area contributed by atoms with Crippen molar-refractivity contribution in [2.45, 2.75) is 46.6 Å². The third kappa shape index (κ3) is 4.05. The Morgan fingerprint density at radius 1 is 1.29 bits per heavy atom. The number of thiazole rings is 1. The molecule has 3 nitrogen and oxygen atoms in total. The summed E-state index contributed by atoms with van der Waals surface area (Å²) in [6.07, 6.45) is 0.975. The van der Waals surface area contributed by atoms with Gasteiger partial charge >= 0.3 is 0 Å². The molecule has 0 aliphatic carbocycles. The van der Waals surface area contributed by atoms with Gasteiger partial charge in [-0.3, -0.25) is 0 Å². The van der Waals surface area contributed by atoms with Gasteiger partial charge in [-0.1, -0.05) is 13.8 Å². The average molecular weight is 256 g/mol. The molecule has 1 rings (SSSR count). The summed E-state index contributed by atoms with van der Waals surface area (Å²) in [5, 5.41) is 11.1. The van der Waals surface area contributed by atoms with Crippen LogP contribution in [0.25, 0.3) is 0 Å². The molecule has 1 N–H and O–H groups in total. The lowest BCUT2D eigenvalue weighted by molar-refractivity contribution is 0.0817. The lowest BCUT2D eigenvalue weighted by Gasteiger charge is -2.16. The van der Waals surface area contributed by atoms with Crippen LogP contribution in [0.15, 0.2) is 0 Å². The molecular formula is C13H24N2OS. The number of likely N-dealkylation sites (N-methyl/N-ethyl adjacent to an activating group) is 1. The fraction of sp³-hybridized carbons (Fsp3) is 0.769. The van der Waals surface area contributed by atoms with E-state index >= 15 is 0 Å². The summed E-state index contributed by atoms with van der Waals surface area (Å²) in [4.78, 5) is 7.93. The van der Waals surface area contributed by atoms with E-state index in [-0.39, 0.29) is 0 Å². The van der Waals surface area contributed by atoms with Crippen LogP contribution in [-0.4, -0.2) is 34.6 Å². The third-order valence-electron chi connectivity index (χ3n) is 2.93. The van der Waals surface area contributed by atoms with Gasteiger partial charge in [0.25, 0.3) is 0 Å². The smallest absolute Gasteiger partial charge is 0.0950 e. The summed E-state index contributed by atoms with van der Waals surface area (Å²) in [6.45, 7) is 13.2. The number of nitrogens with zero attached hydrogens (tertiary/aromatic N) is 2. The normalized spacial score (nSPS) is 12.4. The Labute approximate surface area is 108 Å². The van der Waals surface area contributed by atoms with E-state index in [0.29, 0.717) is 0 Å². The number of rotatable bonds is 6. The summed E-state index contributed by atoms with van der Waals surface area (Å²) >= 11 is 1.64. The van der Waals surface area contributed by atoms with Crippen molar-refractivity contribution in [3.63, 3.8) is 0 Å². The van der Waals surface area contributed by atoms with Crippen molar-refractivity contribution in [2.24, 2.45) is 0 Å². The third-order valence-corrected chi connectivity index (χ3v) is 4.46. The topological polar surface area (TPSA) is 36.4 Å². The van der Waals surface area contributed by atoms with Crippen molar-refractivity contribution in [2.75, 3.05) is 19.6 Å². The number of aryl methyl sites for hydroxylation is 1. The number of hydrogen-bond acceptors (Lipinski definition) is 4. The van der Waals surface area contributed by atoms with Gasteiger partial charge in [0, 0.05) is 13.0 Å². The maximum atomic E-state index is 10.0. The summed E-state index contributed by atoms with van der Waals surface area (Å²) in [6, 6.07) is 0. The van der Waals surface area contributed by atoms with Crippen LogP contribution in [-0.2, 0) is 12.0 Å². The van der Waals surface area contributed by atoms with E-state index in [0.717, 1.165) is 41.6 Å². The molecular weight excluding hydrogens is 232 g/mol. The average Bonchev–Trinajstić information content (AvgIpc) is 2.61. The number of hydrogen-bond donors (Lipinski definition) is 1. The van der Waals surface area contributed by atoms with Crippen LogP contribution >= 0.6 is 11.3 Å². The Hall–Kier alpha value is -0.450. The first kappa shape index (κ1) is 14.6. The highest BCUT2D eigenvalue weighted by Gasteiger charge is 2.22. The molecule has 1 aromatic heterocycles. The molecule has 4 heteroatoms. The Morgan fingerprint density at radius 3 is 2.29 bits per heavy atom. The Balaban J connectivity index is 2.68. The van der Waals surface area contributed by atoms with Crippen LogP contribution in [0.3, 0.4) is 0 Å². The van der Waals surface area contributed by atoms with Crippen LogP contribution in [0.5, 0.6) is 0 Å². The van der Waals surface area contributed by atoms with E-state index in [4.69, 9.17) is 0 Å². The zero-order valence-electron chi connectivity index (χ0n) is 11.6. The zero-order valence-corrected chi connectivity index (χ0v) is 12.4. The van der Waals surface area contributed by atoms with Gasteiger partial charge in [0.2, 0.25) is 0 Å². The first-order chi connectivity index (χ1) is 7.88. The minimum absolute atomic E-state index is 0.769. The molecule has 0 fully saturated rings. The molecule has 98 valence electrons. The maximum absolute atomic E-state index is 10.0. The molecule has 1 aromatic rings. The van der Waals surface area contributed by atoms with Gasteiger partial charge in [-0.2, -0.15) is 0 Å². The second-order valence-corrected chi connectivity index (χ2v) is 5.94. The molecule has 0 spiro atoms. The highest BCUT2D eigenvalue weighted by molar-refractivity contribution is 7.11. The molecule has 0 aliphatic heterocycles. The lowest BCUT2D eigenvalue weighted by atomic mass is 10.1. The van der Waals surface area contributed by atoms with Gasteiger partial charge in [0.1, 0.15) is 0 Å². The molecule has 17 heavy (non-hydrogen) atoms. The molecule has 0 radical (unpaired) electrons. The number of aliphatic hydroxyl groups is 1. The van der Waals surface area contributed by atoms with Gasteiger partial charge in [-0.05, 0) is 33.9 Å². The van der Waals surface area contributed by atoms with Crippen molar-refractivity contribution in [1.82, 2.24) is 9.88 Å². The van der Waals surface area contributed by atoms with Crippen molar-refractivity contribution in [3.8, 4) is 0 Å². The fourth-order valence-corrected chi connectivity index (χ4v) is 2.98. The van der Waals surface area contributed by atoms with Crippen molar-refractivity contribution in [3.05, 3.63) is 15.6 Å². The molecule has 0 aromatic carbocycles. The lowest BCUT2D eigenvalue weighted by Crippen LogP contribution is -2.25. The van der Waals surface area contributed by atoms with Crippen LogP contribution in [0.2, 0.25) is 0 Å². The van der Waals surface area contributed by atoms with Gasteiger partial charge in [0.05, 0.1) is 21.2 Å². The zero-order chi connectivity index (χ0) is 13.1. The highest BCUT2D eigenvalue weighted by atomic mass is 32.1. The fourth-order valence-electron chi connectivity index (χ4n) is 1.92. The molecule has 0 unspecified atom stereocenters. The van der Waals surface area contributed by atoms with E-state index < -0.39 is 5.60 Å². The molecule has 0 amide bonds. The second kappa shape index (κ2) is 5.94. The molecule has 0 saturated heterocycles. The van der Waals surface area contributed by atoms with E-state index in [2.05, 4.69) is 23.7 Å². The Morgan fingerprint density at radius 2 is 1.88 bits per heavy atom. The Kier molecular flexibility index (Phi) is 5.10. The molecule has 0 bridgehead atoms. The van der Waals surface area contributed by atoms with E-state index in [1.165, 1.54) is 0 Å². The van der Waals surface area contributed by atoms with E-state index in [1.54, 1.807) is 11.3 Å². The molecule has 0 aliphatic rings. The molecule has 1 heterocycles. The van der Waals surface area contributed by atoms with Crippen molar-refractivity contribution < 1.29 is 5.11 Å². The van der Waals surface area contributed by atoms with Crippen molar-refractivity contribution in [1.29, 1.82) is 0 Å². The highest BCUT2D eigenvalue weighted by Crippen LogP contribution is 2.29. The van der Waals surface area contributed by atoms with E-state index in [1.807, 2.05) is 20.8 Å². The molecule has 0 atom stereocenters. The summed E-state index contributed by atoms with van der Waals surface area (Å²) < 4.78 is 0. The monoisotopic (exact) mass is 256 g/mol. The standard InChI is InChI=1S/C13H24N2OS/c1-6-15(7-2)9-8-11-14-10(3)12(17-11)13(4,5)16/h16H,6-9H2,1-5H3. The van der Waals surface area contributed by atoms with Crippen LogP contribution < -0.4 is 0 Å².